The van der Waals surface area contributed by atoms with Crippen LogP contribution in [0.4, 0.5) is 0 Å². The molecular weight excluding hydrogens is 459 g/mol. The standard InChI is InChI=1S/C28H27BO7/c1-27(36-26(32)21-16-10-5-11-17-21)23(34-25(31)20-14-8-4-9-15-20)22(35-28(27,2)29)18-33-24(30)19-12-6-3-7-13-19/h3-17,22-23H,18,29H2,1-2H3/t22-,23-,27-,28?/m1/s1. The molecule has 1 aliphatic heterocycles. The topological polar surface area (TPSA) is 88.1 Å². The van der Waals surface area contributed by atoms with Gasteiger partial charge < -0.3 is 18.9 Å². The minimum absolute atomic E-state index is 0.206. The smallest absolute Gasteiger partial charge is 0.338 e. The third-order valence-electron chi connectivity index (χ3n) is 6.47. The van der Waals surface area contributed by atoms with E-state index in [-0.39, 0.29) is 6.61 Å². The summed E-state index contributed by atoms with van der Waals surface area (Å²) in [6, 6.07) is 25.6. The average Bonchev–Trinajstić information content (AvgIpc) is 3.08. The van der Waals surface area contributed by atoms with Crippen LogP contribution in [0, 0.1) is 0 Å². The lowest BCUT2D eigenvalue weighted by molar-refractivity contribution is -0.0961. The lowest BCUT2D eigenvalue weighted by atomic mass is 9.69. The van der Waals surface area contributed by atoms with Gasteiger partial charge in [0.15, 0.2) is 11.7 Å². The van der Waals surface area contributed by atoms with E-state index in [0.717, 1.165) is 0 Å². The molecule has 0 aliphatic carbocycles. The summed E-state index contributed by atoms with van der Waals surface area (Å²) in [5.41, 5.74) is -1.41. The summed E-state index contributed by atoms with van der Waals surface area (Å²) < 4.78 is 23.6. The fraction of sp³-hybridized carbons (Fsp3) is 0.250. The van der Waals surface area contributed by atoms with E-state index < -0.39 is 41.2 Å². The van der Waals surface area contributed by atoms with Crippen LogP contribution in [0.15, 0.2) is 91.0 Å². The highest BCUT2D eigenvalue weighted by Gasteiger charge is 2.63. The van der Waals surface area contributed by atoms with Gasteiger partial charge in [-0.3, -0.25) is 0 Å². The first-order valence-corrected chi connectivity index (χ1v) is 11.7. The first-order valence-electron chi connectivity index (χ1n) is 11.7. The van der Waals surface area contributed by atoms with Crippen LogP contribution in [0.3, 0.4) is 0 Å². The highest BCUT2D eigenvalue weighted by atomic mass is 16.7. The van der Waals surface area contributed by atoms with Crippen molar-refractivity contribution in [1.29, 1.82) is 0 Å². The van der Waals surface area contributed by atoms with Gasteiger partial charge in [0.05, 0.1) is 22.2 Å². The van der Waals surface area contributed by atoms with E-state index in [1.165, 1.54) is 0 Å². The number of rotatable bonds is 7. The molecule has 4 atom stereocenters. The summed E-state index contributed by atoms with van der Waals surface area (Å²) in [4.78, 5) is 38.6. The van der Waals surface area contributed by atoms with Crippen LogP contribution in [0.5, 0.6) is 0 Å². The van der Waals surface area contributed by atoms with Crippen molar-refractivity contribution in [1.82, 2.24) is 0 Å². The number of benzene rings is 3. The zero-order valence-electron chi connectivity index (χ0n) is 20.4. The van der Waals surface area contributed by atoms with Gasteiger partial charge in [0.2, 0.25) is 0 Å². The van der Waals surface area contributed by atoms with Gasteiger partial charge in [-0.15, -0.1) is 0 Å². The number of carbonyl (C=O) groups is 3. The zero-order valence-corrected chi connectivity index (χ0v) is 20.4. The largest absolute Gasteiger partial charge is 0.459 e. The van der Waals surface area contributed by atoms with Crippen molar-refractivity contribution in [3.63, 3.8) is 0 Å². The van der Waals surface area contributed by atoms with Crippen LogP contribution in [0.25, 0.3) is 0 Å². The Labute approximate surface area is 210 Å². The first kappa shape index (κ1) is 25.2. The SMILES string of the molecule is BC1(C)O[C@H](COC(=O)c2ccccc2)[C@@H](OC(=O)c2ccccc2)[C@@]1(C)OC(=O)c1ccccc1. The monoisotopic (exact) mass is 486 g/mol. The normalized spacial score (nSPS) is 25.1. The molecule has 184 valence electrons. The summed E-state index contributed by atoms with van der Waals surface area (Å²) in [6.45, 7) is 3.20. The molecule has 4 rings (SSSR count). The molecule has 1 heterocycles. The quantitative estimate of drug-likeness (QED) is 0.287. The molecule has 0 radical (unpaired) electrons. The molecule has 7 nitrogen and oxygen atoms in total. The predicted molar refractivity (Wildman–Crippen MR) is 134 cm³/mol. The van der Waals surface area contributed by atoms with E-state index in [4.69, 9.17) is 18.9 Å². The summed E-state index contributed by atoms with van der Waals surface area (Å²) in [5, 5.41) is 0. The summed E-state index contributed by atoms with van der Waals surface area (Å²) in [7, 11) is 1.74. The van der Waals surface area contributed by atoms with Gasteiger partial charge >= 0.3 is 17.9 Å². The Morgan fingerprint density at radius 3 is 1.69 bits per heavy atom. The number of esters is 3. The van der Waals surface area contributed by atoms with Gasteiger partial charge in [-0.05, 0) is 50.2 Å². The lowest BCUT2D eigenvalue weighted by Crippen LogP contribution is -2.57. The van der Waals surface area contributed by atoms with Crippen molar-refractivity contribution < 1.29 is 33.3 Å². The minimum Gasteiger partial charge on any atom is -0.459 e. The third kappa shape index (κ3) is 5.19. The number of carbonyl (C=O) groups excluding carboxylic acids is 3. The molecule has 0 saturated carbocycles. The molecular formula is C28H27BO7. The van der Waals surface area contributed by atoms with Crippen molar-refractivity contribution in [2.75, 3.05) is 6.61 Å². The average molecular weight is 486 g/mol. The highest BCUT2D eigenvalue weighted by molar-refractivity contribution is 6.15. The Bertz CT molecular complexity index is 1210. The highest BCUT2D eigenvalue weighted by Crippen LogP contribution is 2.43. The third-order valence-corrected chi connectivity index (χ3v) is 6.47. The van der Waals surface area contributed by atoms with E-state index in [1.807, 2.05) is 0 Å². The number of ether oxygens (including phenoxy) is 4. The van der Waals surface area contributed by atoms with Gasteiger partial charge in [-0.2, -0.15) is 0 Å². The van der Waals surface area contributed by atoms with Crippen molar-refractivity contribution >= 4 is 25.8 Å². The van der Waals surface area contributed by atoms with Crippen LogP contribution < -0.4 is 0 Å². The van der Waals surface area contributed by atoms with Crippen LogP contribution in [-0.2, 0) is 18.9 Å². The van der Waals surface area contributed by atoms with Crippen molar-refractivity contribution in [3.8, 4) is 0 Å². The fourth-order valence-corrected chi connectivity index (χ4v) is 4.14. The molecule has 3 aromatic carbocycles. The summed E-state index contributed by atoms with van der Waals surface area (Å²) >= 11 is 0. The maximum Gasteiger partial charge on any atom is 0.338 e. The molecule has 1 fully saturated rings. The second-order valence-electron chi connectivity index (χ2n) is 9.19. The van der Waals surface area contributed by atoms with Gasteiger partial charge in [-0.25, -0.2) is 14.4 Å². The lowest BCUT2D eigenvalue weighted by Gasteiger charge is -2.39. The summed E-state index contributed by atoms with van der Waals surface area (Å²) in [5.74, 6) is -1.74. The van der Waals surface area contributed by atoms with Gasteiger partial charge in [0.25, 0.3) is 0 Å². The molecule has 36 heavy (non-hydrogen) atoms. The molecule has 0 bridgehead atoms. The molecule has 8 heteroatoms. The van der Waals surface area contributed by atoms with Gasteiger partial charge in [0, 0.05) is 0 Å². The maximum atomic E-state index is 13.0. The fourth-order valence-electron chi connectivity index (χ4n) is 4.14. The number of hydrogen-bond donors (Lipinski definition) is 0. The van der Waals surface area contributed by atoms with Crippen LogP contribution in [0.2, 0.25) is 0 Å². The van der Waals surface area contributed by atoms with Crippen molar-refractivity contribution in [2.24, 2.45) is 0 Å². The predicted octanol–water partition coefficient (Wildman–Crippen LogP) is 3.43. The van der Waals surface area contributed by atoms with Gasteiger partial charge in [-0.1, -0.05) is 54.6 Å². The van der Waals surface area contributed by atoms with Crippen LogP contribution in [0.1, 0.15) is 44.9 Å². The van der Waals surface area contributed by atoms with E-state index in [2.05, 4.69) is 0 Å². The van der Waals surface area contributed by atoms with E-state index in [9.17, 15) is 14.4 Å². The van der Waals surface area contributed by atoms with E-state index in [0.29, 0.717) is 16.7 Å². The van der Waals surface area contributed by atoms with Crippen molar-refractivity contribution in [2.45, 2.75) is 37.2 Å². The van der Waals surface area contributed by atoms with E-state index in [1.54, 1.807) is 113 Å². The maximum absolute atomic E-state index is 13.0. The molecule has 3 aromatic rings. The molecule has 1 unspecified atom stereocenters. The second-order valence-corrected chi connectivity index (χ2v) is 9.19. The summed E-state index contributed by atoms with van der Waals surface area (Å²) in [6.07, 6.45) is -1.94. The molecule has 0 aromatic heterocycles. The molecule has 0 N–H and O–H groups in total. The minimum atomic E-state index is -1.39. The van der Waals surface area contributed by atoms with E-state index >= 15 is 0 Å². The Hall–Kier alpha value is -3.91. The first-order chi connectivity index (χ1) is 17.2. The second kappa shape index (κ2) is 10.4. The Morgan fingerprint density at radius 1 is 0.750 bits per heavy atom. The zero-order chi connectivity index (χ0) is 25.8. The number of hydrogen-bond acceptors (Lipinski definition) is 7. The Balaban J connectivity index is 1.61. The molecule has 1 saturated heterocycles. The molecule has 0 amide bonds. The van der Waals surface area contributed by atoms with Crippen LogP contribution in [-0.4, -0.2) is 55.7 Å². The van der Waals surface area contributed by atoms with Gasteiger partial charge in [0.1, 0.15) is 20.6 Å². The molecule has 1 aliphatic rings. The Kier molecular flexibility index (Phi) is 7.26. The molecule has 0 spiro atoms. The van der Waals surface area contributed by atoms with Crippen LogP contribution >= 0.6 is 0 Å². The van der Waals surface area contributed by atoms with Crippen molar-refractivity contribution in [3.05, 3.63) is 108 Å². The Morgan fingerprint density at radius 2 is 1.19 bits per heavy atom.